The Hall–Kier alpha value is -7.31. The van der Waals surface area contributed by atoms with Crippen molar-refractivity contribution in [2.24, 2.45) is 0 Å². The summed E-state index contributed by atoms with van der Waals surface area (Å²) < 4.78 is 79.8. The molecule has 0 amide bonds. The minimum Gasteiger partial charge on any atom is -0.496 e. The lowest BCUT2D eigenvalue weighted by molar-refractivity contribution is -0.145. The number of halogens is 3. The Morgan fingerprint density at radius 1 is 0.886 bits per heavy atom. The molecule has 0 saturated heterocycles. The number of rotatable bonds is 11. The molecule has 2 atom stereocenters. The minimum absolute atomic E-state index is 0.0119. The van der Waals surface area contributed by atoms with E-state index in [-0.39, 0.29) is 63.2 Å². The van der Waals surface area contributed by atoms with Gasteiger partial charge in [-0.25, -0.2) is 24.1 Å². The molecule has 0 aliphatic carbocycles. The molecule has 2 aliphatic heterocycles. The average Bonchev–Trinajstić information content (AvgIpc) is 3.74. The number of hydrogen-bond acceptors (Lipinski definition) is 13. The molecule has 1 N–H and O–H groups in total. The number of aliphatic carboxylic acids is 1. The van der Waals surface area contributed by atoms with Crippen LogP contribution in [0.3, 0.4) is 0 Å². The first-order chi connectivity index (χ1) is 33.7. The highest BCUT2D eigenvalue weighted by atomic mass is 35.5. The van der Waals surface area contributed by atoms with Gasteiger partial charge in [-0.15, -0.1) is 0 Å². The highest BCUT2D eigenvalue weighted by molar-refractivity contribution is 7.86. The van der Waals surface area contributed by atoms with Crippen molar-refractivity contribution in [3.63, 3.8) is 0 Å². The SMILES string of the molecule is COc1ccccc1-c1nccc(COc2ccc3cc2C[C@H](C(=O)O)Oc2ncnc4cc(-c5ccc(F)cc5)n(c24)-c2c(C)c(Cl)c(c(Cl)c2C)O[C@H](COS(=O)(=O)c2ccc(C)cc2)CO3)n1. The number of para-hydroxylation sites is 1. The standard InChI is InChI=1S/C51H42Cl2FN5O10S/c1-28-9-16-37(17-10-28)70(62,63)67-26-36-25-65-35-15-18-41(66-24-34-19-20-55-49(58-34)38-7-5-6-8-42(38)64-4)32(21-35)22-43(51(60)61)69-50-47-39(56-27-57-50)23-40(31-11-13-33(54)14-12-31)59(47)46-29(2)44(52)48(68-36)45(53)30(46)3/h5-21,23,27,36,43H,22,24-26H2,1-4H3,(H,60,61)/t36-,43+/m0/s1. The summed E-state index contributed by atoms with van der Waals surface area (Å²) in [6, 6.07) is 27.5. The zero-order chi connectivity index (χ0) is 49.3. The van der Waals surface area contributed by atoms with Crippen LogP contribution in [0.4, 0.5) is 4.39 Å². The van der Waals surface area contributed by atoms with Crippen LogP contribution in [-0.2, 0) is 32.1 Å². The van der Waals surface area contributed by atoms with E-state index in [4.69, 9.17) is 56.1 Å². The zero-order valence-corrected chi connectivity index (χ0v) is 40.2. The van der Waals surface area contributed by atoms with Crippen LogP contribution >= 0.6 is 23.2 Å². The Kier molecular flexibility index (Phi) is 13.6. The molecule has 3 aromatic heterocycles. The summed E-state index contributed by atoms with van der Waals surface area (Å²) in [5.74, 6) is -0.396. The topological polar surface area (TPSA) is 183 Å². The van der Waals surface area contributed by atoms with Gasteiger partial charge in [0.1, 0.15) is 54.7 Å². The van der Waals surface area contributed by atoms with Gasteiger partial charge in [0.25, 0.3) is 10.1 Å². The molecule has 0 fully saturated rings. The number of benzene rings is 5. The summed E-state index contributed by atoms with van der Waals surface area (Å²) >= 11 is 14.4. The minimum atomic E-state index is -4.30. The fourth-order valence-electron chi connectivity index (χ4n) is 7.98. The van der Waals surface area contributed by atoms with Gasteiger partial charge in [0, 0.05) is 18.2 Å². The van der Waals surface area contributed by atoms with Gasteiger partial charge in [-0.3, -0.25) is 4.18 Å². The van der Waals surface area contributed by atoms with Gasteiger partial charge < -0.3 is 33.4 Å². The van der Waals surface area contributed by atoms with E-state index in [9.17, 15) is 22.7 Å². The number of hydrogen-bond donors (Lipinski definition) is 1. The second-order valence-electron chi connectivity index (χ2n) is 16.2. The first kappa shape index (κ1) is 47.7. The number of methoxy groups -OCH3 is 1. The number of carboxylic acid groups (broad SMARTS) is 1. The molecule has 15 nitrogen and oxygen atoms in total. The van der Waals surface area contributed by atoms with E-state index in [0.717, 1.165) is 5.56 Å². The maximum Gasteiger partial charge on any atom is 0.345 e. The van der Waals surface area contributed by atoms with E-state index >= 15 is 0 Å². The fourth-order valence-corrected chi connectivity index (χ4v) is 9.42. The average molecular weight is 1010 g/mol. The van der Waals surface area contributed by atoms with Crippen LogP contribution < -0.4 is 23.7 Å². The van der Waals surface area contributed by atoms with Crippen molar-refractivity contribution in [3.8, 4) is 57.2 Å². The normalized spacial score (nSPS) is 14.8. The molecule has 0 unspecified atom stereocenters. The van der Waals surface area contributed by atoms with Crippen LogP contribution in [-0.4, -0.2) is 76.5 Å². The summed E-state index contributed by atoms with van der Waals surface area (Å²) in [6.07, 6.45) is -0.186. The van der Waals surface area contributed by atoms with E-state index in [1.54, 1.807) is 92.4 Å². The van der Waals surface area contributed by atoms with Crippen molar-refractivity contribution in [2.45, 2.75) is 50.9 Å². The van der Waals surface area contributed by atoms with Crippen molar-refractivity contribution >= 4 is 50.3 Å². The maximum atomic E-state index is 14.4. The highest BCUT2D eigenvalue weighted by Crippen LogP contribution is 2.46. The van der Waals surface area contributed by atoms with Crippen LogP contribution in [0.5, 0.6) is 28.9 Å². The van der Waals surface area contributed by atoms with Crippen molar-refractivity contribution < 1.29 is 50.6 Å². The van der Waals surface area contributed by atoms with Gasteiger partial charge in [-0.1, -0.05) is 53.0 Å². The van der Waals surface area contributed by atoms with E-state index in [0.29, 0.717) is 62.0 Å². The van der Waals surface area contributed by atoms with E-state index in [1.807, 2.05) is 25.1 Å². The second-order valence-corrected chi connectivity index (χ2v) is 18.6. The van der Waals surface area contributed by atoms with Crippen LogP contribution in [0, 0.1) is 26.6 Å². The molecule has 19 heteroatoms. The largest absolute Gasteiger partial charge is 0.496 e. The van der Waals surface area contributed by atoms with Gasteiger partial charge in [0.2, 0.25) is 12.0 Å². The predicted octanol–water partition coefficient (Wildman–Crippen LogP) is 10.1. The number of aryl methyl sites for hydroxylation is 1. The van der Waals surface area contributed by atoms with Crippen molar-refractivity contribution in [1.82, 2.24) is 24.5 Å². The van der Waals surface area contributed by atoms with E-state index < -0.39 is 40.7 Å². The van der Waals surface area contributed by atoms with Gasteiger partial charge in [-0.05, 0) is 116 Å². The first-order valence-electron chi connectivity index (χ1n) is 21.7. The van der Waals surface area contributed by atoms with Gasteiger partial charge in [0.05, 0.1) is 50.2 Å². The molecule has 10 rings (SSSR count). The smallest absolute Gasteiger partial charge is 0.345 e. The molecule has 0 radical (unpaired) electrons. The van der Waals surface area contributed by atoms with Gasteiger partial charge >= 0.3 is 5.97 Å². The first-order valence-corrected chi connectivity index (χ1v) is 23.8. The third-order valence-electron chi connectivity index (χ3n) is 11.5. The molecule has 70 heavy (non-hydrogen) atoms. The summed E-state index contributed by atoms with van der Waals surface area (Å²) in [5.41, 5.74) is 5.33. The molecule has 8 aromatic rings. The Morgan fingerprint density at radius 3 is 2.36 bits per heavy atom. The molecule has 0 saturated carbocycles. The molecule has 5 aromatic carbocycles. The number of nitrogens with zero attached hydrogens (tertiary/aromatic N) is 5. The number of fused-ring (bicyclic) bond motifs is 7. The monoisotopic (exact) mass is 1010 g/mol. The third kappa shape index (κ3) is 9.78. The third-order valence-corrected chi connectivity index (χ3v) is 13.7. The number of aromatic nitrogens is 5. The van der Waals surface area contributed by atoms with Crippen LogP contribution in [0.1, 0.15) is 27.9 Å². The van der Waals surface area contributed by atoms with Crippen LogP contribution in [0.25, 0.3) is 39.4 Å². The quantitative estimate of drug-likeness (QED) is 0.121. The summed E-state index contributed by atoms with van der Waals surface area (Å²) in [4.78, 5) is 31.4. The van der Waals surface area contributed by atoms with E-state index in [2.05, 4.69) is 15.0 Å². The lowest BCUT2D eigenvalue weighted by Gasteiger charge is -2.25. The molecule has 2 aliphatic rings. The van der Waals surface area contributed by atoms with Crippen molar-refractivity contribution in [1.29, 1.82) is 0 Å². The Morgan fingerprint density at radius 2 is 1.63 bits per heavy atom. The van der Waals surface area contributed by atoms with Gasteiger partial charge in [-0.2, -0.15) is 13.4 Å². The summed E-state index contributed by atoms with van der Waals surface area (Å²) in [7, 11) is -2.74. The molecule has 358 valence electrons. The highest BCUT2D eigenvalue weighted by Gasteiger charge is 2.31. The molecule has 5 heterocycles. The molecular formula is C51H42Cl2FN5O10S. The predicted molar refractivity (Wildman–Crippen MR) is 259 cm³/mol. The lowest BCUT2D eigenvalue weighted by atomic mass is 10.1. The molecular weight excluding hydrogens is 965 g/mol. The lowest BCUT2D eigenvalue weighted by Crippen LogP contribution is -2.32. The van der Waals surface area contributed by atoms with Crippen molar-refractivity contribution in [3.05, 3.63) is 159 Å². The number of carbonyl (C=O) groups is 1. The Labute approximate surface area is 411 Å². The van der Waals surface area contributed by atoms with Crippen LogP contribution in [0.2, 0.25) is 10.0 Å². The number of ether oxygens (including phenoxy) is 5. The molecule has 4 bridgehead atoms. The number of carboxylic acids is 1. The van der Waals surface area contributed by atoms with E-state index in [1.165, 1.54) is 30.6 Å². The summed E-state index contributed by atoms with van der Waals surface area (Å²) in [6.45, 7) is 4.38. The Bertz CT molecular complexity index is 3370. The maximum absolute atomic E-state index is 14.4. The second kappa shape index (κ2) is 20.0. The van der Waals surface area contributed by atoms with Crippen LogP contribution in [0.15, 0.2) is 121 Å². The zero-order valence-electron chi connectivity index (χ0n) is 37.9. The van der Waals surface area contributed by atoms with Crippen molar-refractivity contribution in [2.75, 3.05) is 20.3 Å². The summed E-state index contributed by atoms with van der Waals surface area (Å²) in [5, 5.41) is 11.0. The Balaban J connectivity index is 1.17. The fraction of sp³-hybridized carbons (Fsp3) is 0.196. The molecule has 0 spiro atoms. The van der Waals surface area contributed by atoms with Gasteiger partial charge in [0.15, 0.2) is 17.7 Å².